The molecule has 42 heavy (non-hydrogen) atoms. The van der Waals surface area contributed by atoms with Gasteiger partial charge in [0.2, 0.25) is 0 Å². The highest BCUT2D eigenvalue weighted by atomic mass is 32.2. The molecule has 10 heteroatoms. The van der Waals surface area contributed by atoms with Crippen molar-refractivity contribution in [3.8, 4) is 22.6 Å². The van der Waals surface area contributed by atoms with Gasteiger partial charge in [-0.05, 0) is 58.7 Å². The molecule has 2 atom stereocenters. The molecule has 9 nitrogen and oxygen atoms in total. The first-order valence-electron chi connectivity index (χ1n) is 13.3. The number of benzene rings is 4. The van der Waals surface area contributed by atoms with Crippen molar-refractivity contribution >= 4 is 22.9 Å². The maximum atomic E-state index is 11.7. The number of carbonyl (C=O) groups excluding carboxylic acids is 1. The maximum Gasteiger partial charge on any atom is 0.337 e. The first kappa shape index (κ1) is 30.7. The highest BCUT2D eigenvalue weighted by Crippen LogP contribution is 2.32. The molecule has 220 valence electrons. The van der Waals surface area contributed by atoms with Crippen LogP contribution < -0.4 is 19.1 Å². The molecular weight excluding hydrogens is 556 g/mol. The third kappa shape index (κ3) is 8.40. The molecule has 4 aromatic rings. The van der Waals surface area contributed by atoms with Gasteiger partial charge in [0.15, 0.2) is 0 Å². The average molecular weight is 590 g/mol. The third-order valence-electron chi connectivity index (χ3n) is 6.55. The summed E-state index contributed by atoms with van der Waals surface area (Å²) < 4.78 is 40.8. The lowest BCUT2D eigenvalue weighted by atomic mass is 10.0. The Kier molecular flexibility index (Phi) is 11.1. The molecule has 4 rings (SSSR count). The van der Waals surface area contributed by atoms with Gasteiger partial charge in [-0.1, -0.05) is 60.7 Å². The number of rotatable bonds is 14. The predicted octanol–water partition coefficient (Wildman–Crippen LogP) is 4.65. The Bertz CT molecular complexity index is 1460. The monoisotopic (exact) mass is 589 g/mol. The summed E-state index contributed by atoms with van der Waals surface area (Å²) >= 11 is -2.51. The van der Waals surface area contributed by atoms with E-state index in [-0.39, 0.29) is 19.1 Å². The van der Waals surface area contributed by atoms with Gasteiger partial charge in [0.25, 0.3) is 0 Å². The van der Waals surface area contributed by atoms with Crippen LogP contribution >= 0.6 is 0 Å². The Morgan fingerprint density at radius 1 is 0.952 bits per heavy atom. The second-order valence-corrected chi connectivity index (χ2v) is 10.4. The lowest BCUT2D eigenvalue weighted by Gasteiger charge is -2.25. The van der Waals surface area contributed by atoms with E-state index in [1.54, 1.807) is 30.3 Å². The Balaban J connectivity index is 1.26. The second-order valence-electron chi connectivity index (χ2n) is 9.38. The van der Waals surface area contributed by atoms with Crippen LogP contribution in [-0.4, -0.2) is 53.7 Å². The van der Waals surface area contributed by atoms with Gasteiger partial charge in [0.1, 0.15) is 24.7 Å². The van der Waals surface area contributed by atoms with Gasteiger partial charge in [-0.15, -0.1) is 0 Å². The van der Waals surface area contributed by atoms with E-state index in [4.69, 9.17) is 14.2 Å². The van der Waals surface area contributed by atoms with E-state index in [0.717, 1.165) is 21.0 Å². The van der Waals surface area contributed by atoms with Gasteiger partial charge < -0.3 is 33.5 Å². The topological polar surface area (TPSA) is 120 Å². The van der Waals surface area contributed by atoms with Crippen molar-refractivity contribution in [1.29, 1.82) is 0 Å². The van der Waals surface area contributed by atoms with Crippen molar-refractivity contribution in [3.63, 3.8) is 0 Å². The zero-order valence-electron chi connectivity index (χ0n) is 23.4. The van der Waals surface area contributed by atoms with Crippen LogP contribution in [0.5, 0.6) is 11.5 Å². The standard InChI is InChI=1S/C32H34N2O7S/c1-34(42(37)38)29-20-27(14-17-31(29)41-22-23-6-4-3-5-7-23)30(35)21-33-18-19-40-28-15-12-25(13-16-28)24-8-10-26(11-9-24)32(36)39-2/h3-17,20,30,33,35H,18-19,21-22H2,1-2H3,(H,37,38)/p-1. The number of aliphatic hydroxyl groups is 1. The lowest BCUT2D eigenvalue weighted by Crippen LogP contribution is -2.26. The van der Waals surface area contributed by atoms with Crippen LogP contribution in [0, 0.1) is 0 Å². The van der Waals surface area contributed by atoms with E-state index in [1.165, 1.54) is 14.2 Å². The number of carbonyl (C=O) groups is 1. The fourth-order valence-corrected chi connectivity index (χ4v) is 4.49. The fraction of sp³-hybridized carbons (Fsp3) is 0.219. The molecule has 0 aliphatic carbocycles. The Hall–Kier alpha value is -4.22. The number of anilines is 1. The summed E-state index contributed by atoms with van der Waals surface area (Å²) in [6.07, 6.45) is -0.870. The summed E-state index contributed by atoms with van der Waals surface area (Å²) in [5, 5.41) is 13.9. The summed E-state index contributed by atoms with van der Waals surface area (Å²) in [5.74, 6) is 0.728. The minimum atomic E-state index is -2.51. The largest absolute Gasteiger partial charge is 0.755 e. The van der Waals surface area contributed by atoms with Crippen molar-refractivity contribution in [1.82, 2.24) is 5.32 Å². The molecule has 0 aliphatic rings. The molecule has 0 saturated carbocycles. The molecule has 0 heterocycles. The Morgan fingerprint density at radius 2 is 1.62 bits per heavy atom. The molecule has 4 aromatic carbocycles. The number of aliphatic hydroxyl groups excluding tert-OH is 1. The normalized spacial score (nSPS) is 12.3. The van der Waals surface area contributed by atoms with E-state index in [9.17, 15) is 18.7 Å². The molecule has 2 N–H and O–H groups in total. The van der Waals surface area contributed by atoms with E-state index in [2.05, 4.69) is 5.32 Å². The first-order chi connectivity index (χ1) is 20.4. The van der Waals surface area contributed by atoms with Crippen molar-refractivity contribution in [2.24, 2.45) is 0 Å². The summed E-state index contributed by atoms with van der Waals surface area (Å²) in [6.45, 7) is 1.40. The van der Waals surface area contributed by atoms with Crippen molar-refractivity contribution < 1.29 is 32.9 Å². The zero-order valence-corrected chi connectivity index (χ0v) is 24.2. The fourth-order valence-electron chi connectivity index (χ4n) is 4.18. The number of methoxy groups -OCH3 is 1. The minimum absolute atomic E-state index is 0.248. The van der Waals surface area contributed by atoms with E-state index < -0.39 is 17.4 Å². The molecule has 0 saturated heterocycles. The molecule has 0 spiro atoms. The Labute approximate surface area is 248 Å². The van der Waals surface area contributed by atoms with E-state index in [1.807, 2.05) is 66.7 Å². The second kappa shape index (κ2) is 15.1. The summed E-state index contributed by atoms with van der Waals surface area (Å²) in [5.41, 5.74) is 4.29. The van der Waals surface area contributed by atoms with Crippen molar-refractivity contribution in [2.45, 2.75) is 12.7 Å². The van der Waals surface area contributed by atoms with Crippen LogP contribution in [0.4, 0.5) is 5.69 Å². The van der Waals surface area contributed by atoms with Gasteiger partial charge in [0.05, 0.1) is 24.5 Å². The van der Waals surface area contributed by atoms with Crippen molar-refractivity contribution in [2.75, 3.05) is 38.2 Å². The van der Waals surface area contributed by atoms with Crippen LogP contribution in [0.25, 0.3) is 11.1 Å². The Morgan fingerprint density at radius 3 is 2.26 bits per heavy atom. The predicted molar refractivity (Wildman–Crippen MR) is 161 cm³/mol. The number of hydrogen-bond donors (Lipinski definition) is 2. The molecule has 0 bridgehead atoms. The SMILES string of the molecule is COC(=O)c1ccc(-c2ccc(OCCNCC(O)c3ccc(OCc4ccccc4)c(N(C)S(=O)[O-])c3)cc2)cc1. The number of esters is 1. The molecule has 0 fully saturated rings. The van der Waals surface area contributed by atoms with Gasteiger partial charge in [0, 0.05) is 31.4 Å². The molecule has 0 aliphatic heterocycles. The highest BCUT2D eigenvalue weighted by Gasteiger charge is 2.15. The number of nitrogens with zero attached hydrogens (tertiary/aromatic N) is 1. The van der Waals surface area contributed by atoms with E-state index in [0.29, 0.717) is 41.5 Å². The van der Waals surface area contributed by atoms with Crippen LogP contribution in [0.3, 0.4) is 0 Å². The van der Waals surface area contributed by atoms with E-state index >= 15 is 0 Å². The average Bonchev–Trinajstić information content (AvgIpc) is 3.03. The number of ether oxygens (including phenoxy) is 3. The van der Waals surface area contributed by atoms with Gasteiger partial charge >= 0.3 is 5.97 Å². The zero-order chi connectivity index (χ0) is 29.9. The van der Waals surface area contributed by atoms with Crippen LogP contribution in [0.1, 0.15) is 27.6 Å². The molecular formula is C32H33N2O7S-. The minimum Gasteiger partial charge on any atom is -0.755 e. The van der Waals surface area contributed by atoms with Gasteiger partial charge in [-0.3, -0.25) is 4.21 Å². The lowest BCUT2D eigenvalue weighted by molar-refractivity contribution is 0.0600. The van der Waals surface area contributed by atoms with Gasteiger partial charge in [-0.25, -0.2) is 4.79 Å². The molecule has 2 unspecified atom stereocenters. The number of nitrogens with one attached hydrogen (secondary N) is 1. The quantitative estimate of drug-likeness (QED) is 0.124. The highest BCUT2D eigenvalue weighted by molar-refractivity contribution is 7.80. The number of hydrogen-bond acceptors (Lipinski definition) is 8. The summed E-state index contributed by atoms with van der Waals surface area (Å²) in [4.78, 5) is 11.6. The smallest absolute Gasteiger partial charge is 0.337 e. The summed E-state index contributed by atoms with van der Waals surface area (Å²) in [7, 11) is 2.78. The van der Waals surface area contributed by atoms with Crippen molar-refractivity contribution in [3.05, 3.63) is 114 Å². The molecule has 0 amide bonds. The van der Waals surface area contributed by atoms with Crippen LogP contribution in [0.15, 0.2) is 97.1 Å². The van der Waals surface area contributed by atoms with Crippen LogP contribution in [0.2, 0.25) is 0 Å². The molecule has 0 radical (unpaired) electrons. The van der Waals surface area contributed by atoms with Crippen LogP contribution in [-0.2, 0) is 22.6 Å². The third-order valence-corrected chi connectivity index (χ3v) is 7.19. The van der Waals surface area contributed by atoms with Gasteiger partial charge in [-0.2, -0.15) is 0 Å². The first-order valence-corrected chi connectivity index (χ1v) is 14.3. The molecule has 0 aromatic heterocycles. The summed E-state index contributed by atoms with van der Waals surface area (Å²) in [6, 6.07) is 29.4. The maximum absolute atomic E-state index is 11.7.